The number of carbonyl (C=O) groups is 1. The lowest BCUT2D eigenvalue weighted by molar-refractivity contribution is -0.164. The maximum absolute atomic E-state index is 11.2. The Morgan fingerprint density at radius 3 is 2.67 bits per heavy atom. The van der Waals surface area contributed by atoms with Gasteiger partial charge < -0.3 is 9.84 Å². The lowest BCUT2D eigenvalue weighted by Gasteiger charge is -2.20. The van der Waals surface area contributed by atoms with Gasteiger partial charge in [-0.15, -0.1) is 0 Å². The third-order valence-corrected chi connectivity index (χ3v) is 2.10. The molecular weight excluding hydrogens is 156 g/mol. The standard InChI is InChI=1S/C9H16O3/c1-3-12-8(10)9(2,11)6-7-4-5-7/h7,11H,3-6H2,1-2H3. The van der Waals surface area contributed by atoms with E-state index in [1.54, 1.807) is 6.92 Å². The molecule has 0 radical (unpaired) electrons. The zero-order chi connectivity index (χ0) is 9.19. The molecule has 1 atom stereocenters. The average Bonchev–Trinajstić information content (AvgIpc) is 2.71. The average molecular weight is 172 g/mol. The van der Waals surface area contributed by atoms with Crippen LogP contribution < -0.4 is 0 Å². The van der Waals surface area contributed by atoms with Crippen LogP contribution in [0.3, 0.4) is 0 Å². The minimum Gasteiger partial charge on any atom is -0.464 e. The number of aliphatic hydroxyl groups is 1. The molecule has 0 spiro atoms. The monoisotopic (exact) mass is 172 g/mol. The van der Waals surface area contributed by atoms with Crippen molar-refractivity contribution >= 4 is 5.97 Å². The lowest BCUT2D eigenvalue weighted by Crippen LogP contribution is -2.37. The number of carbonyl (C=O) groups excluding carboxylic acids is 1. The predicted molar refractivity (Wildman–Crippen MR) is 44.6 cm³/mol. The van der Waals surface area contributed by atoms with Gasteiger partial charge in [0.25, 0.3) is 0 Å². The summed E-state index contributed by atoms with van der Waals surface area (Å²) >= 11 is 0. The van der Waals surface area contributed by atoms with Crippen LogP contribution in [0.2, 0.25) is 0 Å². The van der Waals surface area contributed by atoms with Gasteiger partial charge in [0, 0.05) is 0 Å². The molecule has 1 rings (SSSR count). The van der Waals surface area contributed by atoms with Gasteiger partial charge in [-0.2, -0.15) is 0 Å². The molecule has 0 heterocycles. The van der Waals surface area contributed by atoms with Crippen LogP contribution in [0.5, 0.6) is 0 Å². The molecule has 3 heteroatoms. The highest BCUT2D eigenvalue weighted by Gasteiger charge is 2.38. The maximum atomic E-state index is 11.2. The van der Waals surface area contributed by atoms with Crippen LogP contribution in [0.1, 0.15) is 33.1 Å². The molecule has 3 nitrogen and oxygen atoms in total. The van der Waals surface area contributed by atoms with Gasteiger partial charge in [-0.3, -0.25) is 0 Å². The highest BCUT2D eigenvalue weighted by atomic mass is 16.5. The molecule has 70 valence electrons. The Kier molecular flexibility index (Phi) is 2.73. The molecule has 0 bridgehead atoms. The van der Waals surface area contributed by atoms with E-state index in [1.165, 1.54) is 6.92 Å². The van der Waals surface area contributed by atoms with E-state index < -0.39 is 11.6 Å². The molecule has 1 saturated carbocycles. The van der Waals surface area contributed by atoms with E-state index in [0.717, 1.165) is 12.8 Å². The van der Waals surface area contributed by atoms with Gasteiger partial charge >= 0.3 is 5.97 Å². The Balaban J connectivity index is 2.38. The van der Waals surface area contributed by atoms with E-state index in [4.69, 9.17) is 4.74 Å². The zero-order valence-corrected chi connectivity index (χ0v) is 7.67. The first-order valence-corrected chi connectivity index (χ1v) is 4.46. The van der Waals surface area contributed by atoms with E-state index in [1.807, 2.05) is 0 Å². The van der Waals surface area contributed by atoms with Crippen LogP contribution in [-0.4, -0.2) is 23.3 Å². The summed E-state index contributed by atoms with van der Waals surface area (Å²) in [6.45, 7) is 3.61. The van der Waals surface area contributed by atoms with Crippen molar-refractivity contribution in [3.8, 4) is 0 Å². The van der Waals surface area contributed by atoms with Crippen LogP contribution in [0, 0.1) is 5.92 Å². The van der Waals surface area contributed by atoms with Crippen molar-refractivity contribution in [3.63, 3.8) is 0 Å². The molecule has 0 aromatic rings. The van der Waals surface area contributed by atoms with Gasteiger partial charge in [0.15, 0.2) is 5.60 Å². The molecule has 1 aliphatic carbocycles. The third kappa shape index (κ3) is 2.48. The molecule has 1 N–H and O–H groups in total. The SMILES string of the molecule is CCOC(=O)C(C)(O)CC1CC1. The van der Waals surface area contributed by atoms with Crippen LogP contribution in [0.4, 0.5) is 0 Å². The van der Waals surface area contributed by atoms with E-state index >= 15 is 0 Å². The second-order valence-electron chi connectivity index (χ2n) is 3.64. The molecule has 0 aromatic heterocycles. The van der Waals surface area contributed by atoms with Crippen molar-refractivity contribution in [3.05, 3.63) is 0 Å². The number of rotatable bonds is 4. The smallest absolute Gasteiger partial charge is 0.337 e. The summed E-state index contributed by atoms with van der Waals surface area (Å²) in [7, 11) is 0. The molecule has 0 saturated heterocycles. The van der Waals surface area contributed by atoms with Gasteiger partial charge in [-0.25, -0.2) is 4.79 Å². The van der Waals surface area contributed by atoms with Crippen molar-refractivity contribution in [2.75, 3.05) is 6.61 Å². The van der Waals surface area contributed by atoms with Crippen molar-refractivity contribution in [1.29, 1.82) is 0 Å². The normalized spacial score (nSPS) is 21.6. The molecular formula is C9H16O3. The number of esters is 1. The fourth-order valence-electron chi connectivity index (χ4n) is 1.25. The molecule has 1 aliphatic rings. The summed E-state index contributed by atoms with van der Waals surface area (Å²) in [4.78, 5) is 11.2. The Morgan fingerprint density at radius 1 is 1.67 bits per heavy atom. The quantitative estimate of drug-likeness (QED) is 0.646. The highest BCUT2D eigenvalue weighted by Crippen LogP contribution is 2.36. The summed E-state index contributed by atoms with van der Waals surface area (Å²) < 4.78 is 4.75. The van der Waals surface area contributed by atoms with Crippen LogP contribution in [0.15, 0.2) is 0 Å². The van der Waals surface area contributed by atoms with E-state index in [9.17, 15) is 9.90 Å². The Bertz CT molecular complexity index is 171. The number of hydrogen-bond acceptors (Lipinski definition) is 3. The second-order valence-corrected chi connectivity index (χ2v) is 3.64. The summed E-state index contributed by atoms with van der Waals surface area (Å²) in [6.07, 6.45) is 2.82. The molecule has 1 unspecified atom stereocenters. The largest absolute Gasteiger partial charge is 0.464 e. The fourth-order valence-corrected chi connectivity index (χ4v) is 1.25. The Morgan fingerprint density at radius 2 is 2.25 bits per heavy atom. The minimum absolute atomic E-state index is 0.333. The maximum Gasteiger partial charge on any atom is 0.337 e. The van der Waals surface area contributed by atoms with Gasteiger partial charge in [-0.1, -0.05) is 12.8 Å². The van der Waals surface area contributed by atoms with E-state index in [-0.39, 0.29) is 0 Å². The molecule has 0 amide bonds. The number of ether oxygens (including phenoxy) is 1. The molecule has 1 fully saturated rings. The van der Waals surface area contributed by atoms with Crippen LogP contribution >= 0.6 is 0 Å². The van der Waals surface area contributed by atoms with Crippen molar-refractivity contribution in [2.24, 2.45) is 5.92 Å². The van der Waals surface area contributed by atoms with Gasteiger partial charge in [0.2, 0.25) is 0 Å². The van der Waals surface area contributed by atoms with Gasteiger partial charge in [0.05, 0.1) is 6.61 Å². The first-order chi connectivity index (χ1) is 5.56. The second kappa shape index (κ2) is 3.44. The Labute approximate surface area is 72.7 Å². The van der Waals surface area contributed by atoms with Gasteiger partial charge in [-0.05, 0) is 26.2 Å². The topological polar surface area (TPSA) is 46.5 Å². The van der Waals surface area contributed by atoms with Crippen LogP contribution in [0.25, 0.3) is 0 Å². The molecule has 12 heavy (non-hydrogen) atoms. The zero-order valence-electron chi connectivity index (χ0n) is 7.67. The predicted octanol–water partition coefficient (Wildman–Crippen LogP) is 1.10. The number of hydrogen-bond donors (Lipinski definition) is 1. The van der Waals surface area contributed by atoms with Crippen molar-refractivity contribution in [2.45, 2.75) is 38.7 Å². The van der Waals surface area contributed by atoms with E-state index in [2.05, 4.69) is 0 Å². The highest BCUT2D eigenvalue weighted by molar-refractivity contribution is 5.78. The first-order valence-electron chi connectivity index (χ1n) is 4.46. The Hall–Kier alpha value is -0.570. The van der Waals surface area contributed by atoms with Crippen LogP contribution in [-0.2, 0) is 9.53 Å². The van der Waals surface area contributed by atoms with Crippen molar-refractivity contribution in [1.82, 2.24) is 0 Å². The summed E-state index contributed by atoms with van der Waals surface area (Å²) in [6, 6.07) is 0. The third-order valence-electron chi connectivity index (χ3n) is 2.10. The summed E-state index contributed by atoms with van der Waals surface area (Å²) in [5.41, 5.74) is -1.27. The molecule has 0 aliphatic heterocycles. The summed E-state index contributed by atoms with van der Waals surface area (Å²) in [5.74, 6) is 0.0429. The first kappa shape index (κ1) is 9.52. The lowest BCUT2D eigenvalue weighted by atomic mass is 10.00. The fraction of sp³-hybridized carbons (Fsp3) is 0.889. The van der Waals surface area contributed by atoms with E-state index in [0.29, 0.717) is 18.9 Å². The minimum atomic E-state index is -1.27. The van der Waals surface area contributed by atoms with Gasteiger partial charge in [0.1, 0.15) is 0 Å². The summed E-state index contributed by atoms with van der Waals surface area (Å²) in [5, 5.41) is 9.65. The van der Waals surface area contributed by atoms with Crippen molar-refractivity contribution < 1.29 is 14.6 Å². The molecule has 0 aromatic carbocycles.